The number of phenols is 1. The second-order valence-corrected chi connectivity index (χ2v) is 7.62. The van der Waals surface area contributed by atoms with Crippen LogP contribution in [-0.2, 0) is 4.79 Å². The lowest BCUT2D eigenvalue weighted by molar-refractivity contribution is -0.123. The molecule has 9 heteroatoms. The number of benzene rings is 2. The van der Waals surface area contributed by atoms with Crippen LogP contribution >= 0.6 is 15.9 Å². The van der Waals surface area contributed by atoms with Gasteiger partial charge in [-0.1, -0.05) is 29.8 Å². The number of hydrazone groups is 1. The highest BCUT2D eigenvalue weighted by Gasteiger charge is 2.24. The fraction of sp³-hybridized carbons (Fsp3) is 0.286. The van der Waals surface area contributed by atoms with E-state index in [0.717, 1.165) is 0 Å². The third-order valence-corrected chi connectivity index (χ3v) is 4.71. The molecule has 2 aromatic carbocycles. The number of nitrogens with zero attached hydrogens (tertiary/aromatic N) is 1. The molecule has 0 heterocycles. The highest BCUT2D eigenvalue weighted by Crippen LogP contribution is 2.32. The van der Waals surface area contributed by atoms with E-state index in [1.54, 1.807) is 43.5 Å². The molecule has 0 saturated heterocycles. The Morgan fingerprint density at radius 1 is 1.13 bits per heavy atom. The van der Waals surface area contributed by atoms with Crippen LogP contribution in [-0.4, -0.2) is 43.4 Å². The van der Waals surface area contributed by atoms with Gasteiger partial charge in [-0.05, 0) is 42.3 Å². The number of amides is 2. The smallest absolute Gasteiger partial charge is 0.262 e. The Morgan fingerprint density at radius 3 is 2.37 bits per heavy atom. The Bertz CT molecular complexity index is 929. The van der Waals surface area contributed by atoms with Gasteiger partial charge in [0.05, 0.1) is 20.4 Å². The minimum atomic E-state index is -0.803. The molecule has 0 fully saturated rings. The highest BCUT2D eigenvalue weighted by atomic mass is 79.9. The fourth-order valence-electron chi connectivity index (χ4n) is 2.59. The quantitative estimate of drug-likeness (QED) is 0.399. The predicted octanol–water partition coefficient (Wildman–Crippen LogP) is 3.08. The predicted molar refractivity (Wildman–Crippen MR) is 117 cm³/mol. The van der Waals surface area contributed by atoms with E-state index in [9.17, 15) is 14.7 Å². The van der Waals surface area contributed by atoms with Crippen molar-refractivity contribution in [3.8, 4) is 17.2 Å². The normalized spacial score (nSPS) is 11.9. The molecule has 1 atom stereocenters. The molecule has 0 aliphatic carbocycles. The first kappa shape index (κ1) is 23.2. The molecule has 3 N–H and O–H groups in total. The fourth-order valence-corrected chi connectivity index (χ4v) is 3.04. The minimum absolute atomic E-state index is 0.105. The first-order valence-electron chi connectivity index (χ1n) is 9.11. The first-order valence-corrected chi connectivity index (χ1v) is 9.90. The summed E-state index contributed by atoms with van der Waals surface area (Å²) in [6.07, 6.45) is 1.29. The molecule has 8 nitrogen and oxygen atoms in total. The van der Waals surface area contributed by atoms with Gasteiger partial charge in [-0.25, -0.2) is 5.43 Å². The van der Waals surface area contributed by atoms with Crippen molar-refractivity contribution in [2.24, 2.45) is 11.0 Å². The van der Waals surface area contributed by atoms with Crippen molar-refractivity contribution in [3.05, 3.63) is 52.0 Å². The van der Waals surface area contributed by atoms with E-state index >= 15 is 0 Å². The van der Waals surface area contributed by atoms with E-state index in [1.165, 1.54) is 13.3 Å². The Labute approximate surface area is 183 Å². The van der Waals surface area contributed by atoms with Crippen molar-refractivity contribution in [1.82, 2.24) is 10.7 Å². The van der Waals surface area contributed by atoms with Crippen LogP contribution in [0.5, 0.6) is 17.2 Å². The number of hydrogen-bond donors (Lipinski definition) is 3. The van der Waals surface area contributed by atoms with E-state index in [4.69, 9.17) is 9.47 Å². The van der Waals surface area contributed by atoms with Gasteiger partial charge < -0.3 is 19.9 Å². The van der Waals surface area contributed by atoms with Crippen LogP contribution in [0.2, 0.25) is 0 Å². The molecular formula is C21H24BrN3O5. The molecule has 0 aliphatic heterocycles. The van der Waals surface area contributed by atoms with Crippen molar-refractivity contribution in [2.45, 2.75) is 19.9 Å². The van der Waals surface area contributed by atoms with E-state index in [0.29, 0.717) is 21.3 Å². The van der Waals surface area contributed by atoms with Gasteiger partial charge in [0.25, 0.3) is 11.8 Å². The lowest BCUT2D eigenvalue weighted by atomic mass is 10.0. The number of carbonyl (C=O) groups excluding carboxylic acids is 2. The average molecular weight is 478 g/mol. The Balaban J connectivity index is 2.07. The number of halogens is 1. The largest absolute Gasteiger partial charge is 0.504 e. The van der Waals surface area contributed by atoms with Gasteiger partial charge >= 0.3 is 0 Å². The van der Waals surface area contributed by atoms with Crippen molar-refractivity contribution in [3.63, 3.8) is 0 Å². The lowest BCUT2D eigenvalue weighted by Gasteiger charge is -2.20. The van der Waals surface area contributed by atoms with Crippen molar-refractivity contribution in [1.29, 1.82) is 0 Å². The first-order chi connectivity index (χ1) is 14.3. The van der Waals surface area contributed by atoms with Gasteiger partial charge in [-0.3, -0.25) is 9.59 Å². The number of carbonyl (C=O) groups is 2. The number of phenolic OH excluding ortho intramolecular Hbond substituents is 1. The number of hydrogen-bond acceptors (Lipinski definition) is 6. The van der Waals surface area contributed by atoms with Crippen LogP contribution < -0.4 is 20.2 Å². The molecule has 0 aliphatic rings. The van der Waals surface area contributed by atoms with Crippen molar-refractivity contribution < 1.29 is 24.2 Å². The van der Waals surface area contributed by atoms with Gasteiger partial charge in [0.2, 0.25) is 0 Å². The van der Waals surface area contributed by atoms with Crippen LogP contribution in [0.4, 0.5) is 0 Å². The van der Waals surface area contributed by atoms with E-state index in [2.05, 4.69) is 31.8 Å². The summed E-state index contributed by atoms with van der Waals surface area (Å²) in [5.74, 6) is -0.251. The number of rotatable bonds is 8. The summed E-state index contributed by atoms with van der Waals surface area (Å²) in [5, 5.41) is 16.8. The van der Waals surface area contributed by atoms with E-state index in [-0.39, 0.29) is 23.3 Å². The Hall–Kier alpha value is -3.07. The molecular weight excluding hydrogens is 454 g/mol. The average Bonchev–Trinajstić information content (AvgIpc) is 2.73. The molecule has 0 radical (unpaired) electrons. The maximum atomic E-state index is 12.6. The summed E-state index contributed by atoms with van der Waals surface area (Å²) < 4.78 is 10.8. The number of ether oxygens (including phenoxy) is 2. The molecule has 160 valence electrons. The summed E-state index contributed by atoms with van der Waals surface area (Å²) in [4.78, 5) is 25.1. The molecule has 1 unspecified atom stereocenters. The molecule has 30 heavy (non-hydrogen) atoms. The Morgan fingerprint density at radius 2 is 1.80 bits per heavy atom. The molecule has 0 bridgehead atoms. The number of aromatic hydroxyl groups is 1. The third-order valence-electron chi connectivity index (χ3n) is 4.26. The molecule has 0 spiro atoms. The second kappa shape index (κ2) is 10.6. The summed E-state index contributed by atoms with van der Waals surface area (Å²) in [7, 11) is 2.97. The number of methoxy groups -OCH3 is 2. The topological polar surface area (TPSA) is 109 Å². The minimum Gasteiger partial charge on any atom is -0.504 e. The maximum absolute atomic E-state index is 12.6. The SMILES string of the molecule is COc1ccc(C(=O)NC(C(=O)N/N=C/c2cc(Br)cc(OC)c2O)C(C)C)cc1. The zero-order chi connectivity index (χ0) is 22.3. The summed E-state index contributed by atoms with van der Waals surface area (Å²) in [5.41, 5.74) is 3.16. The van der Waals surface area contributed by atoms with Gasteiger partial charge in [0.1, 0.15) is 11.8 Å². The van der Waals surface area contributed by atoms with E-state index in [1.807, 2.05) is 13.8 Å². The van der Waals surface area contributed by atoms with Crippen molar-refractivity contribution in [2.75, 3.05) is 14.2 Å². The standard InChI is InChI=1S/C21H24BrN3O5/c1-12(2)18(24-20(27)13-5-7-16(29-3)8-6-13)21(28)25-23-11-14-9-15(22)10-17(30-4)19(14)26/h5-12,18,26H,1-4H3,(H,24,27)(H,25,28)/b23-11+. The zero-order valence-corrected chi connectivity index (χ0v) is 18.7. The molecule has 2 rings (SSSR count). The third kappa shape index (κ3) is 5.96. The summed E-state index contributed by atoms with van der Waals surface area (Å²) in [6, 6.07) is 9.00. The Kier molecular flexibility index (Phi) is 8.23. The van der Waals surface area contributed by atoms with Gasteiger partial charge in [-0.15, -0.1) is 0 Å². The van der Waals surface area contributed by atoms with Gasteiger partial charge in [0.15, 0.2) is 11.5 Å². The lowest BCUT2D eigenvalue weighted by Crippen LogP contribution is -2.48. The van der Waals surface area contributed by atoms with Crippen LogP contribution in [0.15, 0.2) is 46.0 Å². The number of nitrogens with one attached hydrogen (secondary N) is 2. The van der Waals surface area contributed by atoms with Crippen molar-refractivity contribution >= 4 is 34.0 Å². The molecule has 0 saturated carbocycles. The molecule has 2 amide bonds. The summed E-state index contributed by atoms with van der Waals surface area (Å²) >= 11 is 3.31. The van der Waals surface area contributed by atoms with Crippen LogP contribution in [0.1, 0.15) is 29.8 Å². The van der Waals surface area contributed by atoms with Crippen LogP contribution in [0.3, 0.4) is 0 Å². The summed E-state index contributed by atoms with van der Waals surface area (Å²) in [6.45, 7) is 3.63. The maximum Gasteiger partial charge on any atom is 0.262 e. The van der Waals surface area contributed by atoms with Crippen LogP contribution in [0.25, 0.3) is 0 Å². The zero-order valence-electron chi connectivity index (χ0n) is 17.1. The van der Waals surface area contributed by atoms with Crippen LogP contribution in [0, 0.1) is 5.92 Å². The highest BCUT2D eigenvalue weighted by molar-refractivity contribution is 9.10. The second-order valence-electron chi connectivity index (χ2n) is 6.70. The monoisotopic (exact) mass is 477 g/mol. The van der Waals surface area contributed by atoms with E-state index < -0.39 is 11.9 Å². The molecule has 0 aromatic heterocycles. The van der Waals surface area contributed by atoms with Gasteiger partial charge in [-0.2, -0.15) is 5.10 Å². The van der Waals surface area contributed by atoms with Gasteiger partial charge in [0, 0.05) is 15.6 Å². The molecule has 2 aromatic rings.